The third kappa shape index (κ3) is 4.20. The van der Waals surface area contributed by atoms with Crippen LogP contribution in [0, 0.1) is 5.82 Å². The molecule has 0 aromatic heterocycles. The SMILES string of the molecule is CCOCc1ccccc1NCc1ccc(OC)c(F)c1. The summed E-state index contributed by atoms with van der Waals surface area (Å²) in [4.78, 5) is 0. The van der Waals surface area contributed by atoms with Gasteiger partial charge in [0.1, 0.15) is 0 Å². The van der Waals surface area contributed by atoms with Crippen LogP contribution in [0.15, 0.2) is 42.5 Å². The molecule has 0 aliphatic heterocycles. The number of hydrogen-bond donors (Lipinski definition) is 1. The van der Waals surface area contributed by atoms with Gasteiger partial charge >= 0.3 is 0 Å². The lowest BCUT2D eigenvalue weighted by atomic mass is 10.1. The van der Waals surface area contributed by atoms with Crippen molar-refractivity contribution in [2.24, 2.45) is 0 Å². The van der Waals surface area contributed by atoms with E-state index in [1.807, 2.05) is 37.3 Å². The molecule has 0 radical (unpaired) electrons. The molecule has 21 heavy (non-hydrogen) atoms. The van der Waals surface area contributed by atoms with E-state index >= 15 is 0 Å². The number of anilines is 1. The molecule has 0 spiro atoms. The summed E-state index contributed by atoms with van der Waals surface area (Å²) in [6.45, 7) is 3.76. The summed E-state index contributed by atoms with van der Waals surface area (Å²) in [5, 5.41) is 3.32. The van der Waals surface area contributed by atoms with Gasteiger partial charge in [-0.05, 0) is 30.7 Å². The molecule has 0 bridgehead atoms. The number of para-hydroxylation sites is 1. The summed E-state index contributed by atoms with van der Waals surface area (Å²) in [6, 6.07) is 12.9. The van der Waals surface area contributed by atoms with Crippen LogP contribution in [0.4, 0.5) is 10.1 Å². The largest absolute Gasteiger partial charge is 0.494 e. The van der Waals surface area contributed by atoms with E-state index in [4.69, 9.17) is 9.47 Å². The minimum absolute atomic E-state index is 0.260. The topological polar surface area (TPSA) is 30.5 Å². The normalized spacial score (nSPS) is 10.4. The third-order valence-electron chi connectivity index (χ3n) is 3.18. The van der Waals surface area contributed by atoms with Crippen molar-refractivity contribution >= 4 is 5.69 Å². The predicted octanol–water partition coefficient (Wildman–Crippen LogP) is 3.98. The highest BCUT2D eigenvalue weighted by molar-refractivity contribution is 5.51. The first-order chi connectivity index (χ1) is 10.2. The van der Waals surface area contributed by atoms with Gasteiger partial charge in [0.15, 0.2) is 11.6 Å². The van der Waals surface area contributed by atoms with Crippen molar-refractivity contribution < 1.29 is 13.9 Å². The van der Waals surface area contributed by atoms with Crippen LogP contribution in [0.5, 0.6) is 5.75 Å². The Morgan fingerprint density at radius 3 is 2.67 bits per heavy atom. The summed E-state index contributed by atoms with van der Waals surface area (Å²) in [7, 11) is 1.46. The maximum Gasteiger partial charge on any atom is 0.165 e. The van der Waals surface area contributed by atoms with Gasteiger partial charge in [0, 0.05) is 24.4 Å². The molecule has 0 saturated carbocycles. The molecular formula is C17H20FNO2. The highest BCUT2D eigenvalue weighted by Gasteiger charge is 2.05. The van der Waals surface area contributed by atoms with Crippen molar-refractivity contribution in [3.63, 3.8) is 0 Å². The first-order valence-corrected chi connectivity index (χ1v) is 6.96. The summed E-state index contributed by atoms with van der Waals surface area (Å²) in [5.41, 5.74) is 2.95. The van der Waals surface area contributed by atoms with E-state index in [9.17, 15) is 4.39 Å². The molecule has 0 amide bonds. The molecule has 0 unspecified atom stereocenters. The van der Waals surface area contributed by atoms with Gasteiger partial charge < -0.3 is 14.8 Å². The highest BCUT2D eigenvalue weighted by Crippen LogP contribution is 2.20. The standard InChI is InChI=1S/C17H20FNO2/c1-3-21-12-14-6-4-5-7-16(14)19-11-13-8-9-17(20-2)15(18)10-13/h4-10,19H,3,11-12H2,1-2H3. The maximum atomic E-state index is 13.6. The molecule has 0 atom stereocenters. The molecule has 2 aromatic carbocycles. The minimum atomic E-state index is -0.348. The molecule has 4 heteroatoms. The lowest BCUT2D eigenvalue weighted by molar-refractivity contribution is 0.134. The first kappa shape index (κ1) is 15.3. The van der Waals surface area contributed by atoms with Gasteiger partial charge in [0.05, 0.1) is 13.7 Å². The van der Waals surface area contributed by atoms with Crippen LogP contribution in [0.2, 0.25) is 0 Å². The van der Waals surface area contributed by atoms with E-state index in [1.165, 1.54) is 13.2 Å². The average Bonchev–Trinajstić information content (AvgIpc) is 2.52. The number of halogens is 1. The Kier molecular flexibility index (Phi) is 5.58. The minimum Gasteiger partial charge on any atom is -0.494 e. The van der Waals surface area contributed by atoms with Gasteiger partial charge in [-0.25, -0.2) is 4.39 Å². The lowest BCUT2D eigenvalue weighted by Crippen LogP contribution is -2.04. The number of hydrogen-bond acceptors (Lipinski definition) is 3. The van der Waals surface area contributed by atoms with Crippen LogP contribution in [0.25, 0.3) is 0 Å². The number of rotatable bonds is 7. The fourth-order valence-electron chi connectivity index (χ4n) is 2.05. The zero-order chi connectivity index (χ0) is 15.1. The van der Waals surface area contributed by atoms with Gasteiger partial charge in [-0.15, -0.1) is 0 Å². The van der Waals surface area contributed by atoms with Crippen molar-refractivity contribution in [3.8, 4) is 5.75 Å². The van der Waals surface area contributed by atoms with Crippen molar-refractivity contribution in [1.82, 2.24) is 0 Å². The Hall–Kier alpha value is -2.07. The number of benzene rings is 2. The zero-order valence-corrected chi connectivity index (χ0v) is 12.4. The van der Waals surface area contributed by atoms with Crippen molar-refractivity contribution in [3.05, 3.63) is 59.4 Å². The molecule has 2 rings (SSSR count). The fraction of sp³-hybridized carbons (Fsp3) is 0.294. The van der Waals surface area contributed by atoms with Gasteiger partial charge in [-0.1, -0.05) is 24.3 Å². The quantitative estimate of drug-likeness (QED) is 0.836. The molecular weight excluding hydrogens is 269 g/mol. The molecule has 0 heterocycles. The van der Waals surface area contributed by atoms with Gasteiger partial charge in [0.2, 0.25) is 0 Å². The van der Waals surface area contributed by atoms with Crippen molar-refractivity contribution in [1.29, 1.82) is 0 Å². The monoisotopic (exact) mass is 289 g/mol. The van der Waals surface area contributed by atoms with Gasteiger partial charge in [-0.3, -0.25) is 0 Å². The van der Waals surface area contributed by atoms with E-state index in [0.717, 1.165) is 16.8 Å². The van der Waals surface area contributed by atoms with E-state index < -0.39 is 0 Å². The van der Waals surface area contributed by atoms with Crippen LogP contribution in [0.3, 0.4) is 0 Å². The molecule has 1 N–H and O–H groups in total. The Labute approximate surface area is 124 Å². The zero-order valence-electron chi connectivity index (χ0n) is 12.4. The molecule has 0 aliphatic carbocycles. The summed E-state index contributed by atoms with van der Waals surface area (Å²) in [5.74, 6) is -0.0881. The van der Waals surface area contributed by atoms with Crippen molar-refractivity contribution in [2.75, 3.05) is 19.0 Å². The predicted molar refractivity (Wildman–Crippen MR) is 82.1 cm³/mol. The van der Waals surface area contributed by atoms with E-state index in [2.05, 4.69) is 5.32 Å². The number of nitrogens with one attached hydrogen (secondary N) is 1. The van der Waals surface area contributed by atoms with Crippen molar-refractivity contribution in [2.45, 2.75) is 20.1 Å². The van der Waals surface area contributed by atoms with Gasteiger partial charge in [0.25, 0.3) is 0 Å². The number of ether oxygens (including phenoxy) is 2. The Balaban J connectivity index is 2.04. The fourth-order valence-corrected chi connectivity index (χ4v) is 2.05. The van der Waals surface area contributed by atoms with Crippen LogP contribution in [0.1, 0.15) is 18.1 Å². The van der Waals surface area contributed by atoms with E-state index in [-0.39, 0.29) is 11.6 Å². The highest BCUT2D eigenvalue weighted by atomic mass is 19.1. The Morgan fingerprint density at radius 2 is 1.95 bits per heavy atom. The summed E-state index contributed by atoms with van der Waals surface area (Å²) >= 11 is 0. The molecule has 2 aromatic rings. The van der Waals surface area contributed by atoms with E-state index in [0.29, 0.717) is 19.8 Å². The Morgan fingerprint density at radius 1 is 1.14 bits per heavy atom. The summed E-state index contributed by atoms with van der Waals surface area (Å²) in [6.07, 6.45) is 0. The van der Waals surface area contributed by atoms with E-state index in [1.54, 1.807) is 6.07 Å². The van der Waals surface area contributed by atoms with Crippen LogP contribution < -0.4 is 10.1 Å². The average molecular weight is 289 g/mol. The second-order valence-electron chi connectivity index (χ2n) is 4.62. The van der Waals surface area contributed by atoms with Crippen LogP contribution >= 0.6 is 0 Å². The molecule has 3 nitrogen and oxygen atoms in total. The summed E-state index contributed by atoms with van der Waals surface area (Å²) < 4.78 is 24.0. The second kappa shape index (κ2) is 7.64. The van der Waals surface area contributed by atoms with Crippen LogP contribution in [-0.2, 0) is 17.9 Å². The lowest BCUT2D eigenvalue weighted by Gasteiger charge is -2.12. The smallest absolute Gasteiger partial charge is 0.165 e. The third-order valence-corrected chi connectivity index (χ3v) is 3.18. The molecule has 112 valence electrons. The molecule has 0 aliphatic rings. The molecule has 0 fully saturated rings. The van der Waals surface area contributed by atoms with Crippen LogP contribution in [-0.4, -0.2) is 13.7 Å². The second-order valence-corrected chi connectivity index (χ2v) is 4.62. The van der Waals surface area contributed by atoms with Gasteiger partial charge in [-0.2, -0.15) is 0 Å². The first-order valence-electron chi connectivity index (χ1n) is 6.96. The Bertz CT molecular complexity index is 587. The molecule has 0 saturated heterocycles. The number of methoxy groups -OCH3 is 1. The maximum absolute atomic E-state index is 13.6.